The second kappa shape index (κ2) is 5.64. The number of aromatic nitrogens is 1. The molecule has 20 heavy (non-hydrogen) atoms. The van der Waals surface area contributed by atoms with Gasteiger partial charge in [0.2, 0.25) is 0 Å². The van der Waals surface area contributed by atoms with Crippen molar-refractivity contribution in [2.45, 2.75) is 13.5 Å². The summed E-state index contributed by atoms with van der Waals surface area (Å²) in [4.78, 5) is 25.3. The van der Waals surface area contributed by atoms with E-state index in [1.165, 1.54) is 31.3 Å². The monoisotopic (exact) mass is 279 g/mol. The third kappa shape index (κ3) is 2.90. The maximum Gasteiger partial charge on any atom is 0.355 e. The van der Waals surface area contributed by atoms with Crippen molar-refractivity contribution >= 4 is 11.8 Å². The predicted molar refractivity (Wildman–Crippen MR) is 66.3 cm³/mol. The number of hydrogen-bond donors (Lipinski definition) is 1. The second-order valence-corrected chi connectivity index (χ2v) is 4.15. The van der Waals surface area contributed by atoms with E-state index < -0.39 is 24.2 Å². The molecule has 6 heteroatoms. The van der Waals surface area contributed by atoms with Crippen molar-refractivity contribution in [1.82, 2.24) is 4.98 Å². The highest BCUT2D eigenvalue weighted by atomic mass is 19.2. The van der Waals surface area contributed by atoms with Gasteiger partial charge in [-0.2, -0.15) is 0 Å². The number of halogens is 2. The van der Waals surface area contributed by atoms with Crippen LogP contribution in [0, 0.1) is 11.6 Å². The van der Waals surface area contributed by atoms with Crippen LogP contribution in [0.15, 0.2) is 30.5 Å². The number of esters is 1. The zero-order valence-electron chi connectivity index (χ0n) is 10.6. The molecule has 104 valence electrons. The molecule has 0 unspecified atom stereocenters. The molecule has 2 rings (SSSR count). The maximum absolute atomic E-state index is 13.3. The van der Waals surface area contributed by atoms with E-state index in [0.717, 1.165) is 6.07 Å². The first-order valence-electron chi connectivity index (χ1n) is 5.78. The molecule has 0 aliphatic rings. The van der Waals surface area contributed by atoms with Crippen LogP contribution in [-0.2, 0) is 11.3 Å². The van der Waals surface area contributed by atoms with Gasteiger partial charge in [0.25, 0.3) is 0 Å². The summed E-state index contributed by atoms with van der Waals surface area (Å²) in [6.45, 7) is 0.970. The Balaban J connectivity index is 2.04. The molecule has 0 spiro atoms. The van der Waals surface area contributed by atoms with Crippen molar-refractivity contribution < 1.29 is 23.1 Å². The predicted octanol–water partition coefficient (Wildman–Crippen LogP) is 2.85. The molecule has 1 heterocycles. The van der Waals surface area contributed by atoms with Crippen LogP contribution in [0.1, 0.15) is 33.3 Å². The summed E-state index contributed by atoms with van der Waals surface area (Å²) >= 11 is 0. The molecule has 0 saturated heterocycles. The lowest BCUT2D eigenvalue weighted by Crippen LogP contribution is -2.07. The number of Topliss-reactive ketones (excluding diaryl/α,β-unsaturated/α-hetero) is 1. The zero-order chi connectivity index (χ0) is 14.7. The van der Waals surface area contributed by atoms with Crippen molar-refractivity contribution in [3.8, 4) is 0 Å². The summed E-state index contributed by atoms with van der Waals surface area (Å²) in [5, 5.41) is 0. The quantitative estimate of drug-likeness (QED) is 0.691. The molecule has 0 aliphatic carbocycles. The molecule has 0 radical (unpaired) electrons. The Labute approximate surface area is 113 Å². The summed E-state index contributed by atoms with van der Waals surface area (Å²) in [6, 6.07) is 4.96. The van der Waals surface area contributed by atoms with E-state index in [0.29, 0.717) is 5.56 Å². The number of ketones is 1. The summed E-state index contributed by atoms with van der Waals surface area (Å²) < 4.78 is 31.2. The molecule has 0 bridgehead atoms. The first-order chi connectivity index (χ1) is 9.49. The first-order valence-corrected chi connectivity index (χ1v) is 5.78. The van der Waals surface area contributed by atoms with Gasteiger partial charge in [-0.3, -0.25) is 4.79 Å². The van der Waals surface area contributed by atoms with Crippen LogP contribution in [0.5, 0.6) is 0 Å². The Morgan fingerprint density at radius 2 is 2.05 bits per heavy atom. The van der Waals surface area contributed by atoms with Crippen LogP contribution in [0.4, 0.5) is 8.78 Å². The lowest BCUT2D eigenvalue weighted by molar-refractivity contribution is 0.0462. The molecule has 1 aromatic heterocycles. The van der Waals surface area contributed by atoms with E-state index >= 15 is 0 Å². The third-order valence-electron chi connectivity index (χ3n) is 2.70. The molecule has 2 aromatic rings. The number of hydrogen-bond acceptors (Lipinski definition) is 3. The Bertz CT molecular complexity index is 664. The standard InChI is InChI=1S/C14H11F2NO3/c1-8(18)10-5-12(17-6-10)14(19)20-7-9-3-2-4-11(15)13(9)16/h2-6,17H,7H2,1H3. The van der Waals surface area contributed by atoms with Gasteiger partial charge in [0.05, 0.1) is 0 Å². The topological polar surface area (TPSA) is 59.2 Å². The lowest BCUT2D eigenvalue weighted by atomic mass is 10.2. The van der Waals surface area contributed by atoms with Gasteiger partial charge in [-0.1, -0.05) is 12.1 Å². The van der Waals surface area contributed by atoms with E-state index in [2.05, 4.69) is 4.98 Å². The average Bonchev–Trinajstić information content (AvgIpc) is 2.90. The number of carbonyl (C=O) groups excluding carboxylic acids is 2. The number of H-pyrrole nitrogens is 1. The minimum absolute atomic E-state index is 0.0586. The average molecular weight is 279 g/mol. The van der Waals surface area contributed by atoms with E-state index in [9.17, 15) is 18.4 Å². The fraction of sp³-hybridized carbons (Fsp3) is 0.143. The molecule has 4 nitrogen and oxygen atoms in total. The Hall–Kier alpha value is -2.50. The number of benzene rings is 1. The van der Waals surface area contributed by atoms with Crippen LogP contribution in [0.25, 0.3) is 0 Å². The first kappa shape index (κ1) is 13.9. The minimum Gasteiger partial charge on any atom is -0.456 e. The van der Waals surface area contributed by atoms with Crippen LogP contribution >= 0.6 is 0 Å². The van der Waals surface area contributed by atoms with Gasteiger partial charge in [0, 0.05) is 17.3 Å². The van der Waals surface area contributed by atoms with Gasteiger partial charge in [0.1, 0.15) is 12.3 Å². The van der Waals surface area contributed by atoms with Crippen LogP contribution < -0.4 is 0 Å². The summed E-state index contributed by atoms with van der Waals surface area (Å²) in [7, 11) is 0. The van der Waals surface area contributed by atoms with Crippen LogP contribution in [-0.4, -0.2) is 16.7 Å². The van der Waals surface area contributed by atoms with E-state index in [-0.39, 0.29) is 17.0 Å². The Kier molecular flexibility index (Phi) is 3.93. The Morgan fingerprint density at radius 3 is 2.70 bits per heavy atom. The van der Waals surface area contributed by atoms with Crippen molar-refractivity contribution in [3.63, 3.8) is 0 Å². The SMILES string of the molecule is CC(=O)c1c[nH]c(C(=O)OCc2cccc(F)c2F)c1. The van der Waals surface area contributed by atoms with E-state index in [4.69, 9.17) is 4.74 Å². The number of ether oxygens (including phenoxy) is 1. The van der Waals surface area contributed by atoms with Gasteiger partial charge in [0.15, 0.2) is 17.4 Å². The fourth-order valence-corrected chi connectivity index (χ4v) is 1.60. The Morgan fingerprint density at radius 1 is 1.30 bits per heavy atom. The van der Waals surface area contributed by atoms with Gasteiger partial charge < -0.3 is 9.72 Å². The third-order valence-corrected chi connectivity index (χ3v) is 2.70. The van der Waals surface area contributed by atoms with Crippen molar-refractivity contribution in [2.24, 2.45) is 0 Å². The fourth-order valence-electron chi connectivity index (χ4n) is 1.60. The largest absolute Gasteiger partial charge is 0.456 e. The number of rotatable bonds is 4. The summed E-state index contributed by atoms with van der Waals surface area (Å²) in [5.41, 5.74) is 0.359. The van der Waals surface area contributed by atoms with Crippen molar-refractivity contribution in [2.75, 3.05) is 0 Å². The number of carbonyl (C=O) groups is 2. The molecule has 1 N–H and O–H groups in total. The van der Waals surface area contributed by atoms with E-state index in [1.54, 1.807) is 0 Å². The molecule has 0 atom stereocenters. The maximum atomic E-state index is 13.3. The molecule has 0 amide bonds. The molecule has 0 saturated carbocycles. The summed E-state index contributed by atoms with van der Waals surface area (Å²) in [6.07, 6.45) is 1.38. The highest BCUT2D eigenvalue weighted by molar-refractivity contribution is 5.97. The van der Waals surface area contributed by atoms with Crippen molar-refractivity contribution in [1.29, 1.82) is 0 Å². The second-order valence-electron chi connectivity index (χ2n) is 4.15. The molecule has 1 aromatic carbocycles. The smallest absolute Gasteiger partial charge is 0.355 e. The minimum atomic E-state index is -1.05. The molecular weight excluding hydrogens is 268 g/mol. The van der Waals surface area contributed by atoms with Gasteiger partial charge >= 0.3 is 5.97 Å². The normalized spacial score (nSPS) is 10.3. The molecule has 0 aliphatic heterocycles. The van der Waals surface area contributed by atoms with Gasteiger partial charge in [-0.25, -0.2) is 13.6 Å². The highest BCUT2D eigenvalue weighted by Crippen LogP contribution is 2.13. The van der Waals surface area contributed by atoms with Gasteiger partial charge in [-0.05, 0) is 19.1 Å². The highest BCUT2D eigenvalue weighted by Gasteiger charge is 2.14. The number of aromatic amines is 1. The lowest BCUT2D eigenvalue weighted by Gasteiger charge is -2.05. The van der Waals surface area contributed by atoms with E-state index in [1.807, 2.05) is 0 Å². The molecule has 0 fully saturated rings. The molecular formula is C14H11F2NO3. The van der Waals surface area contributed by atoms with Gasteiger partial charge in [-0.15, -0.1) is 0 Å². The summed E-state index contributed by atoms with van der Waals surface area (Å²) in [5.74, 6) is -2.99. The van der Waals surface area contributed by atoms with Crippen LogP contribution in [0.3, 0.4) is 0 Å². The number of nitrogens with one attached hydrogen (secondary N) is 1. The van der Waals surface area contributed by atoms with Crippen LogP contribution in [0.2, 0.25) is 0 Å². The zero-order valence-corrected chi connectivity index (χ0v) is 10.6. The van der Waals surface area contributed by atoms with Crippen molar-refractivity contribution in [3.05, 3.63) is 58.9 Å².